The van der Waals surface area contributed by atoms with Gasteiger partial charge in [0.25, 0.3) is 0 Å². The van der Waals surface area contributed by atoms with Crippen LogP contribution in [0.1, 0.15) is 40.5 Å². The highest BCUT2D eigenvalue weighted by Gasteiger charge is 2.42. The standard InChI is InChI=1S/C27H27N5O2S/c1-18-15-22(19(2)31(18)16-21-11-8-14-34-21)26-25(23-12-6-7-13-28-23)30-27(35)32(26)17-24(33)29-20-9-4-3-5-10-20/h3-15,25-26H,16-17H2,1-2H3,(H,29,33)(H,30,35). The van der Waals surface area contributed by atoms with Crippen molar-refractivity contribution in [1.82, 2.24) is 19.8 Å². The molecule has 1 aliphatic heterocycles. The number of nitrogens with zero attached hydrogens (tertiary/aromatic N) is 3. The van der Waals surface area contributed by atoms with Crippen molar-refractivity contribution in [2.45, 2.75) is 32.5 Å². The number of aryl methyl sites for hydroxylation is 1. The lowest BCUT2D eigenvalue weighted by Crippen LogP contribution is -2.37. The molecule has 0 bridgehead atoms. The molecule has 5 rings (SSSR count). The summed E-state index contributed by atoms with van der Waals surface area (Å²) >= 11 is 5.74. The molecule has 0 radical (unpaired) electrons. The van der Waals surface area contributed by atoms with Crippen LogP contribution in [0.5, 0.6) is 0 Å². The zero-order valence-corrected chi connectivity index (χ0v) is 20.5. The van der Waals surface area contributed by atoms with Gasteiger partial charge in [-0.3, -0.25) is 9.78 Å². The molecule has 3 aromatic heterocycles. The zero-order chi connectivity index (χ0) is 24.4. The predicted molar refractivity (Wildman–Crippen MR) is 139 cm³/mol. The molecule has 0 spiro atoms. The lowest BCUT2D eigenvalue weighted by atomic mass is 9.96. The first-order valence-electron chi connectivity index (χ1n) is 11.5. The van der Waals surface area contributed by atoms with E-state index in [2.05, 4.69) is 40.1 Å². The van der Waals surface area contributed by atoms with E-state index in [1.807, 2.05) is 65.6 Å². The molecule has 2 atom stereocenters. The van der Waals surface area contributed by atoms with Crippen molar-refractivity contribution < 1.29 is 9.21 Å². The Morgan fingerprint density at radius 2 is 1.91 bits per heavy atom. The van der Waals surface area contributed by atoms with Gasteiger partial charge in [0.15, 0.2) is 5.11 Å². The largest absolute Gasteiger partial charge is 0.467 e. The van der Waals surface area contributed by atoms with E-state index in [0.717, 1.165) is 34.1 Å². The lowest BCUT2D eigenvalue weighted by Gasteiger charge is -2.27. The lowest BCUT2D eigenvalue weighted by molar-refractivity contribution is -0.116. The Hall–Kier alpha value is -3.91. The summed E-state index contributed by atoms with van der Waals surface area (Å²) in [7, 11) is 0. The highest BCUT2D eigenvalue weighted by molar-refractivity contribution is 7.80. The number of hydrogen-bond donors (Lipinski definition) is 2. The number of carbonyl (C=O) groups is 1. The molecule has 1 fully saturated rings. The van der Waals surface area contributed by atoms with Gasteiger partial charge in [0.1, 0.15) is 12.3 Å². The van der Waals surface area contributed by atoms with Gasteiger partial charge in [-0.2, -0.15) is 0 Å². The molecule has 1 aliphatic rings. The second-order valence-electron chi connectivity index (χ2n) is 8.66. The number of para-hydroxylation sites is 1. The second kappa shape index (κ2) is 9.76. The van der Waals surface area contributed by atoms with E-state index in [4.69, 9.17) is 16.6 Å². The van der Waals surface area contributed by atoms with E-state index in [1.54, 1.807) is 12.5 Å². The number of nitrogens with one attached hydrogen (secondary N) is 2. The fraction of sp³-hybridized carbons (Fsp3) is 0.222. The van der Waals surface area contributed by atoms with Crippen molar-refractivity contribution in [2.75, 3.05) is 11.9 Å². The van der Waals surface area contributed by atoms with Crippen LogP contribution in [0.3, 0.4) is 0 Å². The van der Waals surface area contributed by atoms with E-state index >= 15 is 0 Å². The van der Waals surface area contributed by atoms with Gasteiger partial charge in [0.2, 0.25) is 5.91 Å². The van der Waals surface area contributed by atoms with Gasteiger partial charge in [-0.05, 0) is 74.1 Å². The second-order valence-corrected chi connectivity index (χ2v) is 9.05. The minimum Gasteiger partial charge on any atom is -0.467 e. The van der Waals surface area contributed by atoms with Crippen LogP contribution in [0.15, 0.2) is 83.6 Å². The first-order chi connectivity index (χ1) is 17.0. The molecule has 178 valence electrons. The van der Waals surface area contributed by atoms with Crippen LogP contribution in [-0.4, -0.2) is 32.0 Å². The quantitative estimate of drug-likeness (QED) is 0.368. The summed E-state index contributed by atoms with van der Waals surface area (Å²) in [5.41, 5.74) is 4.95. The fourth-order valence-electron chi connectivity index (χ4n) is 4.72. The monoisotopic (exact) mass is 485 g/mol. The minimum atomic E-state index is -0.199. The number of furan rings is 1. The van der Waals surface area contributed by atoms with Gasteiger partial charge >= 0.3 is 0 Å². The summed E-state index contributed by atoms with van der Waals surface area (Å²) in [6.45, 7) is 4.95. The minimum absolute atomic E-state index is 0.122. The third-order valence-electron chi connectivity index (χ3n) is 6.39. The number of pyridine rings is 1. The molecule has 4 aromatic rings. The van der Waals surface area contributed by atoms with Gasteiger partial charge in [0, 0.05) is 23.3 Å². The van der Waals surface area contributed by atoms with Gasteiger partial charge in [-0.15, -0.1) is 0 Å². The Labute approximate surface area is 209 Å². The number of thiocarbonyl (C=S) groups is 1. The van der Waals surface area contributed by atoms with Crippen LogP contribution in [0.2, 0.25) is 0 Å². The van der Waals surface area contributed by atoms with Crippen molar-refractivity contribution in [1.29, 1.82) is 0 Å². The van der Waals surface area contributed by atoms with E-state index in [0.29, 0.717) is 11.7 Å². The Balaban J connectivity index is 1.49. The molecule has 35 heavy (non-hydrogen) atoms. The summed E-state index contributed by atoms with van der Waals surface area (Å²) in [4.78, 5) is 19.6. The number of anilines is 1. The van der Waals surface area contributed by atoms with Crippen LogP contribution in [0, 0.1) is 13.8 Å². The number of aromatic nitrogens is 2. The highest BCUT2D eigenvalue weighted by atomic mass is 32.1. The van der Waals surface area contributed by atoms with Crippen molar-refractivity contribution in [3.63, 3.8) is 0 Å². The summed E-state index contributed by atoms with van der Waals surface area (Å²) in [5.74, 6) is 0.759. The average molecular weight is 486 g/mol. The number of hydrogen-bond acceptors (Lipinski definition) is 4. The molecule has 0 aliphatic carbocycles. The molecule has 2 unspecified atom stereocenters. The van der Waals surface area contributed by atoms with E-state index in [9.17, 15) is 4.79 Å². The molecule has 2 N–H and O–H groups in total. The molecule has 0 saturated carbocycles. The first-order valence-corrected chi connectivity index (χ1v) is 11.9. The number of rotatable bonds is 7. The van der Waals surface area contributed by atoms with Crippen molar-refractivity contribution in [3.05, 3.63) is 108 Å². The van der Waals surface area contributed by atoms with Crippen LogP contribution in [-0.2, 0) is 11.3 Å². The molecule has 1 amide bonds. The molecule has 4 heterocycles. The van der Waals surface area contributed by atoms with E-state index < -0.39 is 0 Å². The normalized spacial score (nSPS) is 17.4. The summed E-state index contributed by atoms with van der Waals surface area (Å²) < 4.78 is 7.82. The molecular weight excluding hydrogens is 458 g/mol. The Kier molecular flexibility index (Phi) is 6.37. The van der Waals surface area contributed by atoms with Crippen molar-refractivity contribution in [3.8, 4) is 0 Å². The number of benzene rings is 1. The molecule has 8 heteroatoms. The predicted octanol–water partition coefficient (Wildman–Crippen LogP) is 4.75. The SMILES string of the molecule is Cc1cc(C2C(c3ccccn3)NC(=S)N2CC(=O)Nc2ccccc2)c(C)n1Cc1ccco1. The Bertz CT molecular complexity index is 1320. The summed E-state index contributed by atoms with van der Waals surface area (Å²) in [5, 5.41) is 6.93. The maximum atomic E-state index is 13.0. The van der Waals surface area contributed by atoms with Crippen LogP contribution < -0.4 is 10.6 Å². The number of amides is 1. The molecule has 1 saturated heterocycles. The maximum absolute atomic E-state index is 13.0. The average Bonchev–Trinajstić information content (AvgIpc) is 3.56. The zero-order valence-electron chi connectivity index (χ0n) is 19.6. The maximum Gasteiger partial charge on any atom is 0.244 e. The van der Waals surface area contributed by atoms with Gasteiger partial charge < -0.3 is 24.5 Å². The Morgan fingerprint density at radius 3 is 2.63 bits per heavy atom. The van der Waals surface area contributed by atoms with Crippen LogP contribution >= 0.6 is 12.2 Å². The Morgan fingerprint density at radius 1 is 1.11 bits per heavy atom. The molecule has 1 aromatic carbocycles. The van der Waals surface area contributed by atoms with Gasteiger partial charge in [-0.25, -0.2) is 0 Å². The van der Waals surface area contributed by atoms with Crippen LogP contribution in [0.25, 0.3) is 0 Å². The number of carbonyl (C=O) groups excluding carboxylic acids is 1. The van der Waals surface area contributed by atoms with Crippen molar-refractivity contribution in [2.24, 2.45) is 0 Å². The molecular formula is C27H27N5O2S. The highest BCUT2D eigenvalue weighted by Crippen LogP contribution is 2.40. The van der Waals surface area contributed by atoms with Gasteiger partial charge in [-0.1, -0.05) is 24.3 Å². The summed E-state index contributed by atoms with van der Waals surface area (Å²) in [6.07, 6.45) is 3.47. The van der Waals surface area contributed by atoms with E-state index in [1.165, 1.54) is 0 Å². The molecule has 7 nitrogen and oxygen atoms in total. The van der Waals surface area contributed by atoms with Crippen LogP contribution in [0.4, 0.5) is 5.69 Å². The third-order valence-corrected chi connectivity index (χ3v) is 6.75. The van der Waals surface area contributed by atoms with Crippen molar-refractivity contribution >= 4 is 28.9 Å². The van der Waals surface area contributed by atoms with E-state index in [-0.39, 0.29) is 24.5 Å². The van der Waals surface area contributed by atoms with Gasteiger partial charge in [0.05, 0.1) is 30.6 Å². The smallest absolute Gasteiger partial charge is 0.244 e. The topological polar surface area (TPSA) is 75.3 Å². The summed E-state index contributed by atoms with van der Waals surface area (Å²) in [6, 6.07) is 21.0. The fourth-order valence-corrected chi connectivity index (χ4v) is 5.03. The first kappa shape index (κ1) is 22.9. The third kappa shape index (κ3) is 4.70.